The van der Waals surface area contributed by atoms with Gasteiger partial charge in [0.1, 0.15) is 12.2 Å². The number of likely N-dealkylation sites (tertiary alicyclic amines) is 1. The van der Waals surface area contributed by atoms with Crippen molar-refractivity contribution in [2.24, 2.45) is 7.05 Å². The largest absolute Gasteiger partial charge is 0.361 e. The van der Waals surface area contributed by atoms with Gasteiger partial charge in [0.05, 0.1) is 13.0 Å². The molecule has 1 N–H and O–H groups in total. The van der Waals surface area contributed by atoms with Crippen molar-refractivity contribution in [1.29, 1.82) is 0 Å². The highest BCUT2D eigenvalue weighted by Gasteiger charge is 2.43. The number of carbonyl (C=O) groups is 2. The Balaban J connectivity index is 1.48. The molecule has 1 atom stereocenters. The summed E-state index contributed by atoms with van der Waals surface area (Å²) in [5.74, 6) is 0.0323. The number of ether oxygens (including phenoxy) is 1. The van der Waals surface area contributed by atoms with Gasteiger partial charge in [0.15, 0.2) is 0 Å². The van der Waals surface area contributed by atoms with Gasteiger partial charge in [-0.15, -0.1) is 0 Å². The Hall–Kier alpha value is -2.34. The van der Waals surface area contributed by atoms with Crippen molar-refractivity contribution in [2.45, 2.75) is 18.4 Å². The van der Waals surface area contributed by atoms with Crippen LogP contribution in [0.25, 0.3) is 10.9 Å². The molecule has 126 valence electrons. The molecule has 0 aliphatic carbocycles. The lowest BCUT2D eigenvalue weighted by atomic mass is 10.0. The van der Waals surface area contributed by atoms with Crippen LogP contribution in [0.3, 0.4) is 0 Å². The Morgan fingerprint density at radius 3 is 3.00 bits per heavy atom. The molecule has 6 nitrogen and oxygen atoms in total. The summed E-state index contributed by atoms with van der Waals surface area (Å²) < 4.78 is 7.79. The zero-order chi connectivity index (χ0) is 16.7. The van der Waals surface area contributed by atoms with Crippen LogP contribution >= 0.6 is 0 Å². The van der Waals surface area contributed by atoms with E-state index >= 15 is 0 Å². The van der Waals surface area contributed by atoms with E-state index in [1.807, 2.05) is 30.3 Å². The third-order valence-corrected chi connectivity index (χ3v) is 5.11. The highest BCUT2D eigenvalue weighted by Crippen LogP contribution is 2.28. The van der Waals surface area contributed by atoms with Crippen LogP contribution < -0.4 is 5.32 Å². The summed E-state index contributed by atoms with van der Waals surface area (Å²) >= 11 is 0. The normalized spacial score (nSPS) is 23.9. The van der Waals surface area contributed by atoms with Crippen molar-refractivity contribution < 1.29 is 14.3 Å². The predicted molar refractivity (Wildman–Crippen MR) is 89.5 cm³/mol. The number of rotatable bonds is 2. The van der Waals surface area contributed by atoms with Crippen LogP contribution in [0.1, 0.15) is 12.0 Å². The first-order valence-electron chi connectivity index (χ1n) is 8.28. The lowest BCUT2D eigenvalue weighted by molar-refractivity contribution is -0.143. The van der Waals surface area contributed by atoms with E-state index in [-0.39, 0.29) is 18.4 Å². The van der Waals surface area contributed by atoms with Gasteiger partial charge < -0.3 is 19.5 Å². The van der Waals surface area contributed by atoms with Crippen molar-refractivity contribution in [3.8, 4) is 0 Å². The number of aryl methyl sites for hydroxylation is 1. The summed E-state index contributed by atoms with van der Waals surface area (Å²) in [6.45, 7) is 1.81. The van der Waals surface area contributed by atoms with Gasteiger partial charge in [-0.2, -0.15) is 0 Å². The molecule has 0 bridgehead atoms. The SMILES string of the molecule is Cn1cc(CC(=O)N2CCC3(CNC(=O)CO3)C2)c2ccccc21. The van der Waals surface area contributed by atoms with E-state index in [2.05, 4.69) is 22.0 Å². The number of hydrogen-bond acceptors (Lipinski definition) is 3. The van der Waals surface area contributed by atoms with E-state index in [0.29, 0.717) is 26.1 Å². The number of nitrogens with one attached hydrogen (secondary N) is 1. The zero-order valence-corrected chi connectivity index (χ0v) is 13.7. The highest BCUT2D eigenvalue weighted by molar-refractivity contribution is 5.89. The maximum absolute atomic E-state index is 12.7. The fraction of sp³-hybridized carbons (Fsp3) is 0.444. The molecule has 1 aromatic heterocycles. The average molecular weight is 327 g/mol. The summed E-state index contributed by atoms with van der Waals surface area (Å²) in [6, 6.07) is 8.13. The van der Waals surface area contributed by atoms with Gasteiger partial charge in [-0.1, -0.05) is 18.2 Å². The smallest absolute Gasteiger partial charge is 0.246 e. The van der Waals surface area contributed by atoms with Crippen molar-refractivity contribution >= 4 is 22.7 Å². The first-order chi connectivity index (χ1) is 11.6. The Labute approximate surface area is 140 Å². The molecule has 1 aromatic carbocycles. The molecule has 2 aliphatic heterocycles. The second kappa shape index (κ2) is 5.63. The molecular weight excluding hydrogens is 306 g/mol. The Bertz CT molecular complexity index is 801. The maximum Gasteiger partial charge on any atom is 0.246 e. The van der Waals surface area contributed by atoms with Crippen LogP contribution in [0.2, 0.25) is 0 Å². The number of para-hydroxylation sites is 1. The molecule has 0 saturated carbocycles. The van der Waals surface area contributed by atoms with Gasteiger partial charge in [-0.05, 0) is 18.1 Å². The fourth-order valence-electron chi connectivity index (χ4n) is 3.74. The number of morpholine rings is 1. The maximum atomic E-state index is 12.7. The summed E-state index contributed by atoms with van der Waals surface area (Å²) in [4.78, 5) is 25.9. The van der Waals surface area contributed by atoms with Crippen LogP contribution in [-0.4, -0.2) is 53.1 Å². The van der Waals surface area contributed by atoms with Gasteiger partial charge in [-0.25, -0.2) is 0 Å². The highest BCUT2D eigenvalue weighted by atomic mass is 16.5. The molecule has 3 heterocycles. The third-order valence-electron chi connectivity index (χ3n) is 5.11. The van der Waals surface area contributed by atoms with Crippen LogP contribution in [0.4, 0.5) is 0 Å². The number of benzene rings is 1. The second-order valence-electron chi connectivity index (χ2n) is 6.77. The average Bonchev–Trinajstić information content (AvgIpc) is 3.14. The van der Waals surface area contributed by atoms with E-state index in [9.17, 15) is 9.59 Å². The Kier molecular flexibility index (Phi) is 3.57. The van der Waals surface area contributed by atoms with Gasteiger partial charge in [0, 0.05) is 37.2 Å². The molecular formula is C18H21N3O3. The molecule has 1 unspecified atom stereocenters. The number of aromatic nitrogens is 1. The summed E-state index contributed by atoms with van der Waals surface area (Å²) in [6.07, 6.45) is 3.20. The number of hydrogen-bond donors (Lipinski definition) is 1. The van der Waals surface area contributed by atoms with E-state index in [1.54, 1.807) is 0 Å². The van der Waals surface area contributed by atoms with Crippen molar-refractivity contribution in [1.82, 2.24) is 14.8 Å². The fourth-order valence-corrected chi connectivity index (χ4v) is 3.74. The Morgan fingerprint density at radius 2 is 2.21 bits per heavy atom. The molecule has 4 rings (SSSR count). The first-order valence-corrected chi connectivity index (χ1v) is 8.28. The third kappa shape index (κ3) is 2.57. The van der Waals surface area contributed by atoms with Gasteiger partial charge >= 0.3 is 0 Å². The van der Waals surface area contributed by atoms with Crippen molar-refractivity contribution in [2.75, 3.05) is 26.2 Å². The monoisotopic (exact) mass is 327 g/mol. The van der Waals surface area contributed by atoms with Crippen LogP contribution in [-0.2, 0) is 27.8 Å². The molecule has 0 radical (unpaired) electrons. The molecule has 2 saturated heterocycles. The van der Waals surface area contributed by atoms with Gasteiger partial charge in [0.25, 0.3) is 0 Å². The second-order valence-corrected chi connectivity index (χ2v) is 6.77. The minimum Gasteiger partial charge on any atom is -0.361 e. The minimum absolute atomic E-state index is 0.0823. The van der Waals surface area contributed by atoms with Crippen molar-refractivity contribution in [3.63, 3.8) is 0 Å². The molecule has 24 heavy (non-hydrogen) atoms. The Morgan fingerprint density at radius 1 is 1.38 bits per heavy atom. The molecule has 2 amide bonds. The van der Waals surface area contributed by atoms with E-state index in [4.69, 9.17) is 4.74 Å². The lowest BCUT2D eigenvalue weighted by Crippen LogP contribution is -2.54. The van der Waals surface area contributed by atoms with Crippen molar-refractivity contribution in [3.05, 3.63) is 36.0 Å². The minimum atomic E-state index is -0.400. The molecule has 2 fully saturated rings. The van der Waals surface area contributed by atoms with Crippen LogP contribution in [0, 0.1) is 0 Å². The van der Waals surface area contributed by atoms with Gasteiger partial charge in [-0.3, -0.25) is 9.59 Å². The number of carbonyl (C=O) groups excluding carboxylic acids is 2. The van der Waals surface area contributed by atoms with Gasteiger partial charge in [0.2, 0.25) is 11.8 Å². The lowest BCUT2D eigenvalue weighted by Gasteiger charge is -2.33. The molecule has 6 heteroatoms. The van der Waals surface area contributed by atoms with E-state index in [1.165, 1.54) is 0 Å². The van der Waals surface area contributed by atoms with E-state index in [0.717, 1.165) is 22.9 Å². The quantitative estimate of drug-likeness (QED) is 0.889. The molecule has 1 spiro atoms. The predicted octanol–water partition coefficient (Wildman–Crippen LogP) is 0.838. The molecule has 2 aliphatic rings. The topological polar surface area (TPSA) is 63.6 Å². The number of amides is 2. The summed E-state index contributed by atoms with van der Waals surface area (Å²) in [5.41, 5.74) is 1.79. The van der Waals surface area contributed by atoms with E-state index < -0.39 is 5.60 Å². The standard InChI is InChI=1S/C18H21N3O3/c1-20-9-13(14-4-2-3-5-15(14)20)8-17(23)21-7-6-18(12-21)11-19-16(22)10-24-18/h2-5,9H,6-8,10-12H2,1H3,(H,19,22). The number of nitrogens with zero attached hydrogens (tertiary/aromatic N) is 2. The summed E-state index contributed by atoms with van der Waals surface area (Å²) in [7, 11) is 2.00. The summed E-state index contributed by atoms with van der Waals surface area (Å²) in [5, 5.41) is 3.97. The molecule has 2 aromatic rings. The van der Waals surface area contributed by atoms with Crippen LogP contribution in [0.15, 0.2) is 30.5 Å². The number of fused-ring (bicyclic) bond motifs is 1. The first kappa shape index (κ1) is 15.2. The van der Waals surface area contributed by atoms with Crippen LogP contribution in [0.5, 0.6) is 0 Å². The zero-order valence-electron chi connectivity index (χ0n) is 13.7.